The van der Waals surface area contributed by atoms with Crippen molar-refractivity contribution in [2.75, 3.05) is 26.2 Å². The smallest absolute Gasteiger partial charge is 0.258 e. The molecule has 0 unspecified atom stereocenters. The van der Waals surface area contributed by atoms with E-state index in [9.17, 15) is 18.3 Å². The second kappa shape index (κ2) is 6.11. The zero-order valence-electron chi connectivity index (χ0n) is 10.0. The highest BCUT2D eigenvalue weighted by molar-refractivity contribution is 9.10. The molecule has 0 aromatic heterocycles. The minimum absolute atomic E-state index is 0.0798. The van der Waals surface area contributed by atoms with E-state index in [0.29, 0.717) is 26.2 Å². The number of nitrogens with one attached hydrogen (secondary N) is 1. The molecule has 0 saturated carbocycles. The van der Waals surface area contributed by atoms with E-state index >= 15 is 0 Å². The fourth-order valence-corrected chi connectivity index (χ4v) is 2.71. The molecule has 1 aromatic carbocycles. The van der Waals surface area contributed by atoms with E-state index in [2.05, 4.69) is 21.2 Å². The number of hydrogen-bond donors (Lipinski definition) is 2. The molecule has 0 amide bonds. The number of phenols is 1. The third kappa shape index (κ3) is 3.21. The zero-order valence-corrected chi connectivity index (χ0v) is 11.6. The van der Waals surface area contributed by atoms with Crippen LogP contribution in [0, 0.1) is 5.82 Å². The monoisotopic (exact) mass is 338 g/mol. The van der Waals surface area contributed by atoms with E-state index in [4.69, 9.17) is 0 Å². The van der Waals surface area contributed by atoms with Gasteiger partial charge in [0.15, 0.2) is 0 Å². The summed E-state index contributed by atoms with van der Waals surface area (Å²) in [6.07, 6.45) is -2.70. The van der Waals surface area contributed by atoms with Crippen LogP contribution in [0.2, 0.25) is 0 Å². The van der Waals surface area contributed by atoms with E-state index in [1.807, 2.05) is 0 Å². The van der Waals surface area contributed by atoms with Gasteiger partial charge in [-0.25, -0.2) is 13.2 Å². The summed E-state index contributed by atoms with van der Waals surface area (Å²) in [6.45, 7) is 2.06. The number of phenolic OH excluding ortho intramolecular Hbond substituents is 1. The van der Waals surface area contributed by atoms with Crippen LogP contribution < -0.4 is 5.32 Å². The van der Waals surface area contributed by atoms with E-state index in [0.717, 1.165) is 12.1 Å². The van der Waals surface area contributed by atoms with Gasteiger partial charge in [-0.05, 0) is 28.1 Å². The fourth-order valence-electron chi connectivity index (χ4n) is 2.26. The van der Waals surface area contributed by atoms with Crippen molar-refractivity contribution in [2.45, 2.75) is 12.5 Å². The molecular formula is C12H14BrF3N2O. The van der Waals surface area contributed by atoms with Crippen LogP contribution in [0.1, 0.15) is 11.6 Å². The van der Waals surface area contributed by atoms with E-state index in [1.165, 1.54) is 0 Å². The molecule has 0 aliphatic carbocycles. The van der Waals surface area contributed by atoms with Gasteiger partial charge in [-0.2, -0.15) is 0 Å². The van der Waals surface area contributed by atoms with Gasteiger partial charge in [0.05, 0.1) is 4.47 Å². The van der Waals surface area contributed by atoms with Crippen molar-refractivity contribution in [2.24, 2.45) is 0 Å². The van der Waals surface area contributed by atoms with Crippen LogP contribution in [-0.2, 0) is 0 Å². The molecular weight excluding hydrogens is 325 g/mol. The minimum atomic E-state index is -2.70. The average molecular weight is 339 g/mol. The predicted molar refractivity (Wildman–Crippen MR) is 69.0 cm³/mol. The molecule has 0 bridgehead atoms. The molecule has 1 aliphatic rings. The molecule has 19 heavy (non-hydrogen) atoms. The number of aromatic hydroxyl groups is 1. The fraction of sp³-hybridized carbons (Fsp3) is 0.500. The van der Waals surface area contributed by atoms with Crippen molar-refractivity contribution in [3.8, 4) is 5.75 Å². The Morgan fingerprint density at radius 2 is 1.89 bits per heavy atom. The Bertz CT molecular complexity index is 453. The van der Waals surface area contributed by atoms with Crippen molar-refractivity contribution >= 4 is 15.9 Å². The number of halogens is 4. The summed E-state index contributed by atoms with van der Waals surface area (Å²) in [6, 6.07) is 0.729. The van der Waals surface area contributed by atoms with Crippen LogP contribution >= 0.6 is 15.9 Å². The first-order valence-electron chi connectivity index (χ1n) is 5.91. The molecule has 7 heteroatoms. The maximum atomic E-state index is 13.4. The van der Waals surface area contributed by atoms with E-state index < -0.39 is 18.3 Å². The second-order valence-electron chi connectivity index (χ2n) is 4.39. The highest BCUT2D eigenvalue weighted by atomic mass is 79.9. The molecule has 2 rings (SSSR count). The predicted octanol–water partition coefficient (Wildman–Crippen LogP) is 2.51. The molecule has 1 saturated heterocycles. The molecule has 1 aliphatic heterocycles. The lowest BCUT2D eigenvalue weighted by molar-refractivity contribution is 0.0168. The largest absolute Gasteiger partial charge is 0.506 e. The second-order valence-corrected chi connectivity index (χ2v) is 5.25. The average Bonchev–Trinajstić information content (AvgIpc) is 2.36. The molecule has 0 spiro atoms. The normalized spacial score (nSPS) is 18.8. The van der Waals surface area contributed by atoms with Gasteiger partial charge in [0, 0.05) is 31.7 Å². The van der Waals surface area contributed by atoms with Crippen molar-refractivity contribution in [3.63, 3.8) is 0 Å². The van der Waals surface area contributed by atoms with Crippen molar-refractivity contribution in [3.05, 3.63) is 28.0 Å². The molecule has 1 atom stereocenters. The van der Waals surface area contributed by atoms with Crippen molar-refractivity contribution in [1.82, 2.24) is 10.2 Å². The van der Waals surface area contributed by atoms with Crippen LogP contribution in [0.4, 0.5) is 13.2 Å². The summed E-state index contributed by atoms with van der Waals surface area (Å²) in [4.78, 5) is 1.56. The van der Waals surface area contributed by atoms with Gasteiger partial charge in [0.25, 0.3) is 6.43 Å². The lowest BCUT2D eigenvalue weighted by Gasteiger charge is -2.35. The first kappa shape index (κ1) is 14.6. The third-order valence-corrected chi connectivity index (χ3v) is 3.76. The summed E-state index contributed by atoms with van der Waals surface area (Å²) in [5.41, 5.74) is -0.0798. The minimum Gasteiger partial charge on any atom is -0.506 e. The molecule has 0 radical (unpaired) electrons. The Balaban J connectivity index is 2.38. The molecule has 1 heterocycles. The highest BCUT2D eigenvalue weighted by Gasteiger charge is 2.33. The van der Waals surface area contributed by atoms with Crippen LogP contribution in [0.5, 0.6) is 5.75 Å². The van der Waals surface area contributed by atoms with Gasteiger partial charge in [-0.15, -0.1) is 0 Å². The Labute approximate surface area is 117 Å². The first-order valence-corrected chi connectivity index (χ1v) is 6.71. The molecule has 2 N–H and O–H groups in total. The van der Waals surface area contributed by atoms with Crippen LogP contribution in [0.15, 0.2) is 16.6 Å². The number of piperazine rings is 1. The maximum Gasteiger partial charge on any atom is 0.258 e. The molecule has 3 nitrogen and oxygen atoms in total. The topological polar surface area (TPSA) is 35.5 Å². The van der Waals surface area contributed by atoms with Gasteiger partial charge in [-0.1, -0.05) is 0 Å². The number of rotatable bonds is 3. The summed E-state index contributed by atoms with van der Waals surface area (Å²) in [5, 5.41) is 12.9. The summed E-state index contributed by atoms with van der Waals surface area (Å²) >= 11 is 2.97. The van der Waals surface area contributed by atoms with Gasteiger partial charge in [0.2, 0.25) is 0 Å². The Kier molecular flexibility index (Phi) is 4.70. The number of benzene rings is 1. The van der Waals surface area contributed by atoms with Crippen molar-refractivity contribution in [1.29, 1.82) is 0 Å². The first-order chi connectivity index (χ1) is 9.00. The number of nitrogens with zero attached hydrogens (tertiary/aromatic N) is 1. The standard InChI is InChI=1S/C12H14BrF3N2O/c13-9-6-7(14)5-8(11(9)19)10(12(15)16)18-3-1-17-2-4-18/h5-6,10,12,17,19H,1-4H2/t10-/m0/s1. The van der Waals surface area contributed by atoms with Gasteiger partial charge in [-0.3, -0.25) is 4.90 Å². The SMILES string of the molecule is Oc1c(Br)cc(F)cc1[C@@H](C(F)F)N1CCNCC1. The van der Waals surface area contributed by atoms with E-state index in [1.54, 1.807) is 4.90 Å². The quantitative estimate of drug-likeness (QED) is 0.888. The highest BCUT2D eigenvalue weighted by Crippen LogP contribution is 2.38. The molecule has 1 fully saturated rings. The van der Waals surface area contributed by atoms with E-state index in [-0.39, 0.29) is 15.8 Å². The molecule has 1 aromatic rings. The maximum absolute atomic E-state index is 13.4. The molecule has 106 valence electrons. The van der Waals surface area contributed by atoms with Crippen LogP contribution in [0.25, 0.3) is 0 Å². The van der Waals surface area contributed by atoms with Gasteiger partial charge < -0.3 is 10.4 Å². The van der Waals surface area contributed by atoms with Gasteiger partial charge >= 0.3 is 0 Å². The summed E-state index contributed by atoms with van der Waals surface area (Å²) < 4.78 is 40.1. The zero-order chi connectivity index (χ0) is 14.0. The summed E-state index contributed by atoms with van der Waals surface area (Å²) in [5.74, 6) is -0.981. The Morgan fingerprint density at radius 3 is 2.47 bits per heavy atom. The Hall–Kier alpha value is -0.790. The van der Waals surface area contributed by atoms with Crippen molar-refractivity contribution < 1.29 is 18.3 Å². The number of alkyl halides is 2. The summed E-state index contributed by atoms with van der Waals surface area (Å²) in [7, 11) is 0. The van der Waals surface area contributed by atoms with Gasteiger partial charge in [0.1, 0.15) is 17.6 Å². The lowest BCUT2D eigenvalue weighted by atomic mass is 10.0. The third-order valence-electron chi connectivity index (χ3n) is 3.16. The van der Waals surface area contributed by atoms with Crippen LogP contribution in [0.3, 0.4) is 0 Å². The number of hydrogen-bond acceptors (Lipinski definition) is 3. The van der Waals surface area contributed by atoms with Crippen LogP contribution in [-0.4, -0.2) is 42.6 Å². The Morgan fingerprint density at radius 1 is 1.26 bits per heavy atom. The lowest BCUT2D eigenvalue weighted by Crippen LogP contribution is -2.46.